The van der Waals surface area contributed by atoms with Crippen molar-refractivity contribution in [2.24, 2.45) is 5.92 Å². The van der Waals surface area contributed by atoms with Crippen molar-refractivity contribution in [1.82, 2.24) is 10.2 Å². The Labute approximate surface area is 165 Å². The van der Waals surface area contributed by atoms with Gasteiger partial charge in [-0.25, -0.2) is 0 Å². The lowest BCUT2D eigenvalue weighted by atomic mass is 9.96. The molecule has 6 heteroatoms. The van der Waals surface area contributed by atoms with Crippen LogP contribution in [0.4, 0.5) is 5.69 Å². The Hall–Kier alpha value is -0.970. The van der Waals surface area contributed by atoms with Crippen molar-refractivity contribution in [1.29, 1.82) is 0 Å². The van der Waals surface area contributed by atoms with Crippen LogP contribution in [0.15, 0.2) is 24.3 Å². The summed E-state index contributed by atoms with van der Waals surface area (Å²) >= 11 is 0. The van der Waals surface area contributed by atoms with Crippen molar-refractivity contribution in [3.63, 3.8) is 0 Å². The molecule has 0 aliphatic carbocycles. The first-order valence-corrected chi connectivity index (χ1v) is 8.96. The number of anilines is 1. The maximum Gasteiger partial charge on any atom is 0.253 e. The Kier molecular flexibility index (Phi) is 11.9. The fourth-order valence-corrected chi connectivity index (χ4v) is 3.19. The molecule has 0 atom stereocenters. The predicted octanol–water partition coefficient (Wildman–Crippen LogP) is 3.84. The lowest BCUT2D eigenvalue weighted by molar-refractivity contribution is 0.0690. The fourth-order valence-electron chi connectivity index (χ4n) is 3.19. The Morgan fingerprint density at radius 2 is 1.76 bits per heavy atom. The number of benzene rings is 1. The number of hydrogen-bond acceptors (Lipinski definition) is 3. The molecule has 0 spiro atoms. The van der Waals surface area contributed by atoms with Crippen molar-refractivity contribution in [2.75, 3.05) is 44.7 Å². The minimum absolute atomic E-state index is 0. The zero-order valence-electron chi connectivity index (χ0n) is 15.7. The highest BCUT2D eigenvalue weighted by molar-refractivity contribution is 5.94. The first kappa shape index (κ1) is 24.0. The standard InChI is InChI=1S/C19H31N3O.2ClH/c1-4-12-21(3)18-8-6-17(7-9-18)19(23)22-13-10-16(11-14-22)15-20-5-2;;/h6-9,16,20H,4-5,10-15H2,1-3H3;2*1H. The minimum atomic E-state index is 0. The van der Waals surface area contributed by atoms with E-state index in [-0.39, 0.29) is 30.7 Å². The second-order valence-corrected chi connectivity index (χ2v) is 6.51. The molecule has 25 heavy (non-hydrogen) atoms. The van der Waals surface area contributed by atoms with E-state index in [0.29, 0.717) is 5.92 Å². The first-order chi connectivity index (χ1) is 11.2. The molecule has 1 N–H and O–H groups in total. The van der Waals surface area contributed by atoms with Crippen LogP contribution in [0, 0.1) is 5.92 Å². The maximum absolute atomic E-state index is 12.6. The van der Waals surface area contributed by atoms with Crippen LogP contribution >= 0.6 is 24.8 Å². The topological polar surface area (TPSA) is 35.6 Å². The van der Waals surface area contributed by atoms with Crippen LogP contribution in [0.25, 0.3) is 0 Å². The van der Waals surface area contributed by atoms with Gasteiger partial charge >= 0.3 is 0 Å². The summed E-state index contributed by atoms with van der Waals surface area (Å²) in [5.41, 5.74) is 1.98. The number of rotatable bonds is 7. The maximum atomic E-state index is 12.6. The average molecular weight is 390 g/mol. The molecule has 0 aromatic heterocycles. The number of halogens is 2. The number of piperidine rings is 1. The lowest BCUT2D eigenvalue weighted by Crippen LogP contribution is -2.40. The monoisotopic (exact) mass is 389 g/mol. The number of amides is 1. The molecule has 1 aliphatic rings. The smallest absolute Gasteiger partial charge is 0.253 e. The van der Waals surface area contributed by atoms with E-state index in [1.165, 1.54) is 5.69 Å². The van der Waals surface area contributed by atoms with E-state index in [1.54, 1.807) is 0 Å². The van der Waals surface area contributed by atoms with Gasteiger partial charge < -0.3 is 15.1 Å². The van der Waals surface area contributed by atoms with Crippen LogP contribution in [0.5, 0.6) is 0 Å². The summed E-state index contributed by atoms with van der Waals surface area (Å²) in [6.45, 7) is 9.22. The van der Waals surface area contributed by atoms with Gasteiger partial charge in [-0.2, -0.15) is 0 Å². The van der Waals surface area contributed by atoms with Crippen LogP contribution in [-0.4, -0.2) is 50.6 Å². The third-order valence-corrected chi connectivity index (χ3v) is 4.70. The Balaban J connectivity index is 0.00000288. The molecule has 1 fully saturated rings. The molecule has 1 saturated heterocycles. The summed E-state index contributed by atoms with van der Waals surface area (Å²) in [5.74, 6) is 0.890. The summed E-state index contributed by atoms with van der Waals surface area (Å²) in [4.78, 5) is 16.9. The van der Waals surface area contributed by atoms with Gasteiger partial charge in [0, 0.05) is 37.9 Å². The van der Waals surface area contributed by atoms with Crippen LogP contribution in [-0.2, 0) is 0 Å². The molecular formula is C19H33Cl2N3O. The number of nitrogens with zero attached hydrogens (tertiary/aromatic N) is 2. The van der Waals surface area contributed by atoms with Crippen LogP contribution in [0.1, 0.15) is 43.5 Å². The molecule has 2 rings (SSSR count). The average Bonchev–Trinajstić information content (AvgIpc) is 2.60. The highest BCUT2D eigenvalue weighted by Crippen LogP contribution is 2.20. The van der Waals surface area contributed by atoms with Gasteiger partial charge in [0.1, 0.15) is 0 Å². The van der Waals surface area contributed by atoms with Gasteiger partial charge in [-0.15, -0.1) is 24.8 Å². The number of nitrogens with one attached hydrogen (secondary N) is 1. The Morgan fingerprint density at radius 3 is 2.28 bits per heavy atom. The first-order valence-electron chi connectivity index (χ1n) is 8.96. The summed E-state index contributed by atoms with van der Waals surface area (Å²) in [7, 11) is 2.09. The van der Waals surface area contributed by atoms with Gasteiger partial charge in [-0.05, 0) is 62.5 Å². The van der Waals surface area contributed by atoms with E-state index >= 15 is 0 Å². The summed E-state index contributed by atoms with van der Waals surface area (Å²) < 4.78 is 0. The van der Waals surface area contributed by atoms with E-state index in [4.69, 9.17) is 0 Å². The van der Waals surface area contributed by atoms with E-state index in [2.05, 4.69) is 43.2 Å². The van der Waals surface area contributed by atoms with Crippen LogP contribution in [0.2, 0.25) is 0 Å². The number of hydrogen-bond donors (Lipinski definition) is 1. The van der Waals surface area contributed by atoms with E-state index < -0.39 is 0 Å². The molecule has 0 unspecified atom stereocenters. The number of likely N-dealkylation sites (tertiary alicyclic amines) is 1. The van der Waals surface area contributed by atoms with Gasteiger partial charge in [0.25, 0.3) is 5.91 Å². The molecule has 144 valence electrons. The minimum Gasteiger partial charge on any atom is -0.375 e. The second kappa shape index (κ2) is 12.4. The molecular weight excluding hydrogens is 357 g/mol. The molecule has 0 radical (unpaired) electrons. The van der Waals surface area contributed by atoms with E-state index in [1.807, 2.05) is 17.0 Å². The van der Waals surface area contributed by atoms with Crippen molar-refractivity contribution >= 4 is 36.4 Å². The third-order valence-electron chi connectivity index (χ3n) is 4.70. The Morgan fingerprint density at radius 1 is 1.16 bits per heavy atom. The second-order valence-electron chi connectivity index (χ2n) is 6.51. The van der Waals surface area contributed by atoms with Gasteiger partial charge in [-0.1, -0.05) is 13.8 Å². The van der Waals surface area contributed by atoms with Crippen LogP contribution in [0.3, 0.4) is 0 Å². The van der Waals surface area contributed by atoms with Crippen molar-refractivity contribution in [3.8, 4) is 0 Å². The zero-order chi connectivity index (χ0) is 16.7. The van der Waals surface area contributed by atoms with Gasteiger partial charge in [0.2, 0.25) is 0 Å². The lowest BCUT2D eigenvalue weighted by Gasteiger charge is -2.32. The molecule has 1 amide bonds. The summed E-state index contributed by atoms with van der Waals surface area (Å²) in [5, 5.41) is 3.41. The molecule has 0 saturated carbocycles. The van der Waals surface area contributed by atoms with Gasteiger partial charge in [0.15, 0.2) is 0 Å². The fraction of sp³-hybridized carbons (Fsp3) is 0.632. The highest BCUT2D eigenvalue weighted by Gasteiger charge is 2.23. The van der Waals surface area contributed by atoms with Crippen molar-refractivity contribution < 1.29 is 4.79 Å². The van der Waals surface area contributed by atoms with Crippen molar-refractivity contribution in [3.05, 3.63) is 29.8 Å². The van der Waals surface area contributed by atoms with Gasteiger partial charge in [0.05, 0.1) is 0 Å². The molecule has 1 heterocycles. The molecule has 0 bridgehead atoms. The van der Waals surface area contributed by atoms with E-state index in [0.717, 1.165) is 57.5 Å². The third kappa shape index (κ3) is 7.04. The Bertz CT molecular complexity index is 488. The molecule has 1 aliphatic heterocycles. The number of carbonyl (C=O) groups excluding carboxylic acids is 1. The van der Waals surface area contributed by atoms with E-state index in [9.17, 15) is 4.79 Å². The zero-order valence-corrected chi connectivity index (χ0v) is 17.3. The number of carbonyl (C=O) groups is 1. The predicted molar refractivity (Wildman–Crippen MR) is 112 cm³/mol. The van der Waals surface area contributed by atoms with Crippen molar-refractivity contribution in [2.45, 2.75) is 33.1 Å². The normalized spacial score (nSPS) is 14.4. The molecule has 1 aromatic rings. The van der Waals surface area contributed by atoms with Crippen LogP contribution < -0.4 is 10.2 Å². The van der Waals surface area contributed by atoms with Gasteiger partial charge in [-0.3, -0.25) is 4.79 Å². The summed E-state index contributed by atoms with van der Waals surface area (Å²) in [6.07, 6.45) is 3.34. The largest absolute Gasteiger partial charge is 0.375 e. The molecule has 4 nitrogen and oxygen atoms in total. The summed E-state index contributed by atoms with van der Waals surface area (Å²) in [6, 6.07) is 8.05. The SMILES string of the molecule is CCCN(C)c1ccc(C(=O)N2CCC(CNCC)CC2)cc1.Cl.Cl. The quantitative estimate of drug-likeness (QED) is 0.769. The molecule has 1 aromatic carbocycles. The highest BCUT2D eigenvalue weighted by atomic mass is 35.5.